The second kappa shape index (κ2) is 6.05. The molecule has 0 aromatic heterocycles. The first-order chi connectivity index (χ1) is 7.95. The predicted octanol–water partition coefficient (Wildman–Crippen LogP) is 3.81. The Morgan fingerprint density at radius 2 is 1.76 bits per heavy atom. The van der Waals surface area contributed by atoms with Gasteiger partial charge in [-0.25, -0.2) is 0 Å². The van der Waals surface area contributed by atoms with Crippen LogP contribution < -0.4 is 5.32 Å². The van der Waals surface area contributed by atoms with Crippen LogP contribution in [0.15, 0.2) is 24.3 Å². The van der Waals surface area contributed by atoms with E-state index in [-0.39, 0.29) is 5.92 Å². The van der Waals surface area contributed by atoms with E-state index in [1.807, 2.05) is 13.8 Å². The summed E-state index contributed by atoms with van der Waals surface area (Å²) in [5, 5.41) is 3.20. The monoisotopic (exact) mass is 245 g/mol. The zero-order chi connectivity index (χ0) is 12.9. The van der Waals surface area contributed by atoms with Gasteiger partial charge in [0, 0.05) is 0 Å². The smallest absolute Gasteiger partial charge is 0.317 e. The summed E-state index contributed by atoms with van der Waals surface area (Å²) in [6, 6.07) is 5.44. The van der Waals surface area contributed by atoms with Gasteiger partial charge in [0.05, 0.1) is 5.56 Å². The highest BCUT2D eigenvalue weighted by molar-refractivity contribution is 5.26. The van der Waals surface area contributed by atoms with E-state index >= 15 is 0 Å². The van der Waals surface area contributed by atoms with Gasteiger partial charge in [-0.1, -0.05) is 26.0 Å². The van der Waals surface area contributed by atoms with Crippen LogP contribution in [0, 0.1) is 0 Å². The van der Waals surface area contributed by atoms with Gasteiger partial charge in [0.1, 0.15) is 0 Å². The molecule has 0 fully saturated rings. The number of nitrogens with one attached hydrogen (secondary N) is 1. The number of halogens is 3. The molecule has 4 heteroatoms. The zero-order valence-electron chi connectivity index (χ0n) is 10.1. The van der Waals surface area contributed by atoms with Crippen molar-refractivity contribution in [2.24, 2.45) is 0 Å². The third-order valence-corrected chi connectivity index (χ3v) is 2.81. The van der Waals surface area contributed by atoms with Gasteiger partial charge in [0.15, 0.2) is 0 Å². The summed E-state index contributed by atoms with van der Waals surface area (Å²) in [5.74, 6) is 0.274. The third kappa shape index (κ3) is 4.38. The second-order valence-corrected chi connectivity index (χ2v) is 4.16. The van der Waals surface area contributed by atoms with Crippen molar-refractivity contribution in [1.82, 2.24) is 5.32 Å². The Bertz CT molecular complexity index is 330. The predicted molar refractivity (Wildman–Crippen MR) is 63.0 cm³/mol. The van der Waals surface area contributed by atoms with Gasteiger partial charge in [-0.05, 0) is 43.1 Å². The Hall–Kier alpha value is -1.03. The van der Waals surface area contributed by atoms with E-state index in [1.165, 1.54) is 0 Å². The average molecular weight is 245 g/mol. The first-order valence-electron chi connectivity index (χ1n) is 5.83. The lowest BCUT2D eigenvalue weighted by molar-refractivity contribution is -0.137. The quantitative estimate of drug-likeness (QED) is 0.778. The molecule has 17 heavy (non-hydrogen) atoms. The van der Waals surface area contributed by atoms with Crippen LogP contribution in [0.25, 0.3) is 0 Å². The minimum atomic E-state index is -4.24. The van der Waals surface area contributed by atoms with E-state index in [4.69, 9.17) is 0 Å². The van der Waals surface area contributed by atoms with E-state index in [2.05, 4.69) is 5.32 Å². The van der Waals surface area contributed by atoms with Crippen LogP contribution in [0.5, 0.6) is 0 Å². The molecule has 1 atom stereocenters. The van der Waals surface area contributed by atoms with Gasteiger partial charge in [0.2, 0.25) is 0 Å². The molecular formula is C13H18F3N. The summed E-state index contributed by atoms with van der Waals surface area (Å²) in [6.07, 6.45) is -3.31. The standard InChI is InChI=1S/C13H18F3N/c1-3-17-9-8-10(2)11-4-6-12(7-5-11)13(14,15)16/h4-7,10,17H,3,8-9H2,1-2H3. The molecule has 0 saturated heterocycles. The lowest BCUT2D eigenvalue weighted by atomic mass is 9.97. The van der Waals surface area contributed by atoms with E-state index in [9.17, 15) is 13.2 Å². The van der Waals surface area contributed by atoms with Crippen LogP contribution in [0.4, 0.5) is 13.2 Å². The fourth-order valence-corrected chi connectivity index (χ4v) is 1.66. The molecule has 1 unspecified atom stereocenters. The summed E-state index contributed by atoms with van der Waals surface area (Å²) in [7, 11) is 0. The third-order valence-electron chi connectivity index (χ3n) is 2.81. The molecule has 1 N–H and O–H groups in total. The first kappa shape index (κ1) is 14.0. The largest absolute Gasteiger partial charge is 0.416 e. The van der Waals surface area contributed by atoms with Gasteiger partial charge >= 0.3 is 6.18 Å². The Morgan fingerprint density at radius 3 is 2.24 bits per heavy atom. The molecule has 0 spiro atoms. The number of rotatable bonds is 5. The van der Waals surface area contributed by atoms with E-state index in [0.29, 0.717) is 0 Å². The van der Waals surface area contributed by atoms with Crippen LogP contribution in [-0.4, -0.2) is 13.1 Å². The highest BCUT2D eigenvalue weighted by Crippen LogP contribution is 2.30. The number of hydrogen-bond donors (Lipinski definition) is 1. The molecule has 0 bridgehead atoms. The molecular weight excluding hydrogens is 227 g/mol. The molecule has 0 aliphatic carbocycles. The van der Waals surface area contributed by atoms with E-state index in [0.717, 1.165) is 37.2 Å². The maximum absolute atomic E-state index is 12.4. The van der Waals surface area contributed by atoms with Crippen LogP contribution in [0.2, 0.25) is 0 Å². The Morgan fingerprint density at radius 1 is 1.18 bits per heavy atom. The molecule has 0 aliphatic heterocycles. The van der Waals surface area contributed by atoms with Crippen LogP contribution in [-0.2, 0) is 6.18 Å². The Balaban J connectivity index is 2.61. The minimum Gasteiger partial charge on any atom is -0.317 e. The van der Waals surface area contributed by atoms with Gasteiger partial charge in [-0.2, -0.15) is 13.2 Å². The van der Waals surface area contributed by atoms with Crippen molar-refractivity contribution in [3.63, 3.8) is 0 Å². The van der Waals surface area contributed by atoms with Gasteiger partial charge < -0.3 is 5.32 Å². The van der Waals surface area contributed by atoms with Gasteiger partial charge in [0.25, 0.3) is 0 Å². The molecule has 0 aliphatic rings. The number of benzene rings is 1. The highest BCUT2D eigenvalue weighted by atomic mass is 19.4. The Labute approximate surface area is 100 Å². The molecule has 1 aromatic rings. The Kier molecular flexibility index (Phi) is 5.00. The number of alkyl halides is 3. The summed E-state index contributed by atoms with van der Waals surface area (Å²) in [4.78, 5) is 0. The SMILES string of the molecule is CCNCCC(C)c1ccc(C(F)(F)F)cc1. The molecule has 96 valence electrons. The summed E-state index contributed by atoms with van der Waals surface area (Å²) in [5.41, 5.74) is 0.371. The molecule has 0 radical (unpaired) electrons. The fourth-order valence-electron chi connectivity index (χ4n) is 1.66. The van der Waals surface area contributed by atoms with Crippen LogP contribution in [0.1, 0.15) is 37.3 Å². The molecule has 0 heterocycles. The van der Waals surface area contributed by atoms with Crippen molar-refractivity contribution in [3.05, 3.63) is 35.4 Å². The first-order valence-corrected chi connectivity index (χ1v) is 5.83. The highest BCUT2D eigenvalue weighted by Gasteiger charge is 2.30. The number of hydrogen-bond acceptors (Lipinski definition) is 1. The minimum absolute atomic E-state index is 0.274. The van der Waals surface area contributed by atoms with Crippen molar-refractivity contribution in [2.45, 2.75) is 32.4 Å². The lowest BCUT2D eigenvalue weighted by Gasteiger charge is -2.13. The van der Waals surface area contributed by atoms with E-state index in [1.54, 1.807) is 12.1 Å². The second-order valence-electron chi connectivity index (χ2n) is 4.16. The maximum atomic E-state index is 12.4. The van der Waals surface area contributed by atoms with Gasteiger partial charge in [-0.15, -0.1) is 0 Å². The molecule has 1 aromatic carbocycles. The molecule has 1 nitrogen and oxygen atoms in total. The van der Waals surface area contributed by atoms with Crippen molar-refractivity contribution < 1.29 is 13.2 Å². The topological polar surface area (TPSA) is 12.0 Å². The average Bonchev–Trinajstić information content (AvgIpc) is 2.28. The molecule has 1 rings (SSSR count). The summed E-state index contributed by atoms with van der Waals surface area (Å²) in [6.45, 7) is 5.86. The summed E-state index contributed by atoms with van der Waals surface area (Å²) >= 11 is 0. The normalized spacial score (nSPS) is 13.7. The van der Waals surface area contributed by atoms with Crippen molar-refractivity contribution in [3.8, 4) is 0 Å². The van der Waals surface area contributed by atoms with Crippen molar-refractivity contribution >= 4 is 0 Å². The van der Waals surface area contributed by atoms with Gasteiger partial charge in [-0.3, -0.25) is 0 Å². The molecule has 0 amide bonds. The summed E-state index contributed by atoms with van der Waals surface area (Å²) < 4.78 is 37.1. The van der Waals surface area contributed by atoms with E-state index < -0.39 is 11.7 Å². The van der Waals surface area contributed by atoms with Crippen molar-refractivity contribution in [2.75, 3.05) is 13.1 Å². The zero-order valence-corrected chi connectivity index (χ0v) is 10.1. The molecule has 0 saturated carbocycles. The van der Waals surface area contributed by atoms with Crippen LogP contribution in [0.3, 0.4) is 0 Å². The van der Waals surface area contributed by atoms with Crippen molar-refractivity contribution in [1.29, 1.82) is 0 Å². The maximum Gasteiger partial charge on any atom is 0.416 e. The fraction of sp³-hybridized carbons (Fsp3) is 0.538. The lowest BCUT2D eigenvalue weighted by Crippen LogP contribution is -2.16. The van der Waals surface area contributed by atoms with Crippen LogP contribution >= 0.6 is 0 Å².